The first kappa shape index (κ1) is 13.4. The Morgan fingerprint density at radius 3 is 2.89 bits per heavy atom. The highest BCUT2D eigenvalue weighted by molar-refractivity contribution is 6.34. The lowest BCUT2D eigenvalue weighted by molar-refractivity contribution is 0.0950. The quantitative estimate of drug-likeness (QED) is 0.846. The Balaban J connectivity index is 2.07. The summed E-state index contributed by atoms with van der Waals surface area (Å²) < 4.78 is 0. The Kier molecular flexibility index (Phi) is 4.02. The third-order valence-corrected chi connectivity index (χ3v) is 2.94. The van der Waals surface area contributed by atoms with Gasteiger partial charge in [0, 0.05) is 11.4 Å². The first-order chi connectivity index (χ1) is 9.06. The van der Waals surface area contributed by atoms with Crippen molar-refractivity contribution >= 4 is 23.2 Å². The van der Waals surface area contributed by atoms with Crippen molar-refractivity contribution in [2.45, 2.75) is 13.5 Å². The van der Waals surface area contributed by atoms with Gasteiger partial charge in [0.25, 0.3) is 5.91 Å². The fourth-order valence-electron chi connectivity index (χ4n) is 1.68. The number of rotatable bonds is 3. The standard InChI is InChI=1S/C14H14ClN3O/c1-9-3-2-4-11(18-9)8-17-14(19)12-7-10(16)5-6-13(12)15/h2-7H,8,16H2,1H3,(H,17,19). The van der Waals surface area contributed by atoms with Gasteiger partial charge in [-0.15, -0.1) is 0 Å². The van der Waals surface area contributed by atoms with Gasteiger partial charge in [-0.25, -0.2) is 0 Å². The average Bonchev–Trinajstić information content (AvgIpc) is 2.39. The van der Waals surface area contributed by atoms with E-state index in [1.54, 1.807) is 18.2 Å². The van der Waals surface area contributed by atoms with E-state index < -0.39 is 0 Å². The van der Waals surface area contributed by atoms with E-state index >= 15 is 0 Å². The molecular weight excluding hydrogens is 262 g/mol. The Bertz CT molecular complexity index is 613. The number of carbonyl (C=O) groups is 1. The lowest BCUT2D eigenvalue weighted by Gasteiger charge is -2.07. The molecule has 0 aliphatic heterocycles. The zero-order chi connectivity index (χ0) is 13.8. The number of pyridine rings is 1. The third kappa shape index (κ3) is 3.45. The van der Waals surface area contributed by atoms with Gasteiger partial charge in [-0.3, -0.25) is 9.78 Å². The predicted octanol–water partition coefficient (Wildman–Crippen LogP) is 2.56. The number of hydrogen-bond donors (Lipinski definition) is 2. The highest BCUT2D eigenvalue weighted by atomic mass is 35.5. The van der Waals surface area contributed by atoms with Gasteiger partial charge in [0.2, 0.25) is 0 Å². The van der Waals surface area contributed by atoms with Gasteiger partial charge in [0.15, 0.2) is 0 Å². The molecule has 4 nitrogen and oxygen atoms in total. The molecule has 1 aromatic heterocycles. The Morgan fingerprint density at radius 2 is 2.16 bits per heavy atom. The molecule has 0 fully saturated rings. The predicted molar refractivity (Wildman–Crippen MR) is 76.0 cm³/mol. The van der Waals surface area contributed by atoms with Crippen LogP contribution in [0.2, 0.25) is 5.02 Å². The zero-order valence-corrected chi connectivity index (χ0v) is 11.2. The van der Waals surface area contributed by atoms with Gasteiger partial charge >= 0.3 is 0 Å². The lowest BCUT2D eigenvalue weighted by atomic mass is 10.2. The van der Waals surface area contributed by atoms with Crippen molar-refractivity contribution in [3.8, 4) is 0 Å². The fraction of sp³-hybridized carbons (Fsp3) is 0.143. The van der Waals surface area contributed by atoms with E-state index in [4.69, 9.17) is 17.3 Å². The van der Waals surface area contributed by atoms with E-state index in [2.05, 4.69) is 10.3 Å². The second-order valence-corrected chi connectivity index (χ2v) is 4.60. The van der Waals surface area contributed by atoms with Crippen LogP contribution in [-0.4, -0.2) is 10.9 Å². The number of benzene rings is 1. The summed E-state index contributed by atoms with van der Waals surface area (Å²) in [6.07, 6.45) is 0. The maximum absolute atomic E-state index is 12.0. The van der Waals surface area contributed by atoms with Crippen molar-refractivity contribution in [2.75, 3.05) is 5.73 Å². The Morgan fingerprint density at radius 1 is 1.37 bits per heavy atom. The van der Waals surface area contributed by atoms with Crippen LogP contribution in [0.25, 0.3) is 0 Å². The normalized spacial score (nSPS) is 10.2. The van der Waals surface area contributed by atoms with Crippen LogP contribution < -0.4 is 11.1 Å². The molecule has 1 aromatic carbocycles. The molecule has 5 heteroatoms. The smallest absolute Gasteiger partial charge is 0.253 e. The van der Waals surface area contributed by atoms with E-state index in [1.807, 2.05) is 25.1 Å². The summed E-state index contributed by atoms with van der Waals surface area (Å²) in [5, 5.41) is 3.15. The van der Waals surface area contributed by atoms with Gasteiger partial charge in [0.05, 0.1) is 22.8 Å². The molecule has 0 saturated heterocycles. The summed E-state index contributed by atoms with van der Waals surface area (Å²) in [7, 11) is 0. The maximum atomic E-state index is 12.0. The number of hydrogen-bond acceptors (Lipinski definition) is 3. The lowest BCUT2D eigenvalue weighted by Crippen LogP contribution is -2.23. The summed E-state index contributed by atoms with van der Waals surface area (Å²) in [5.74, 6) is -0.263. The van der Waals surface area contributed by atoms with Gasteiger partial charge in [0.1, 0.15) is 0 Å². The third-order valence-electron chi connectivity index (χ3n) is 2.61. The number of anilines is 1. The summed E-state index contributed by atoms with van der Waals surface area (Å²) in [5.41, 5.74) is 8.22. The molecule has 0 spiro atoms. The van der Waals surface area contributed by atoms with Crippen molar-refractivity contribution < 1.29 is 4.79 Å². The minimum absolute atomic E-state index is 0.263. The molecule has 2 rings (SSSR count). The number of nitrogens with zero attached hydrogens (tertiary/aromatic N) is 1. The number of halogens is 1. The monoisotopic (exact) mass is 275 g/mol. The van der Waals surface area contributed by atoms with Crippen molar-refractivity contribution in [1.82, 2.24) is 10.3 Å². The van der Waals surface area contributed by atoms with Crippen molar-refractivity contribution in [1.29, 1.82) is 0 Å². The SMILES string of the molecule is Cc1cccc(CNC(=O)c2cc(N)ccc2Cl)n1. The molecule has 0 atom stereocenters. The minimum Gasteiger partial charge on any atom is -0.399 e. The summed E-state index contributed by atoms with van der Waals surface area (Å²) in [6, 6.07) is 10.5. The van der Waals surface area contributed by atoms with Gasteiger partial charge in [-0.05, 0) is 37.3 Å². The average molecular weight is 276 g/mol. The van der Waals surface area contributed by atoms with Crippen molar-refractivity contribution in [2.24, 2.45) is 0 Å². The number of carbonyl (C=O) groups excluding carboxylic acids is 1. The highest BCUT2D eigenvalue weighted by Gasteiger charge is 2.10. The molecule has 0 bridgehead atoms. The number of nitrogens with one attached hydrogen (secondary N) is 1. The Labute approximate surface area is 116 Å². The largest absolute Gasteiger partial charge is 0.399 e. The van der Waals surface area contributed by atoms with Crippen LogP contribution in [0.1, 0.15) is 21.7 Å². The number of nitrogen functional groups attached to an aromatic ring is 1. The highest BCUT2D eigenvalue weighted by Crippen LogP contribution is 2.18. The molecule has 0 saturated carbocycles. The molecule has 19 heavy (non-hydrogen) atoms. The first-order valence-electron chi connectivity index (χ1n) is 5.82. The van der Waals surface area contributed by atoms with Crippen LogP contribution in [0.15, 0.2) is 36.4 Å². The van der Waals surface area contributed by atoms with Crippen LogP contribution in [0, 0.1) is 6.92 Å². The first-order valence-corrected chi connectivity index (χ1v) is 6.20. The van der Waals surface area contributed by atoms with E-state index in [0.717, 1.165) is 11.4 Å². The molecule has 0 unspecified atom stereocenters. The number of nitrogens with two attached hydrogens (primary N) is 1. The summed E-state index contributed by atoms with van der Waals surface area (Å²) in [4.78, 5) is 16.3. The maximum Gasteiger partial charge on any atom is 0.253 e. The number of aromatic nitrogens is 1. The van der Waals surface area contributed by atoms with Gasteiger partial charge in [-0.2, -0.15) is 0 Å². The van der Waals surface area contributed by atoms with Gasteiger partial charge in [-0.1, -0.05) is 17.7 Å². The minimum atomic E-state index is -0.263. The second-order valence-electron chi connectivity index (χ2n) is 4.19. The molecule has 1 heterocycles. The molecule has 0 radical (unpaired) electrons. The van der Waals surface area contributed by atoms with Gasteiger partial charge < -0.3 is 11.1 Å². The van der Waals surface area contributed by atoms with E-state index in [9.17, 15) is 4.79 Å². The zero-order valence-electron chi connectivity index (χ0n) is 10.5. The molecule has 2 aromatic rings. The van der Waals surface area contributed by atoms with Crippen LogP contribution in [0.5, 0.6) is 0 Å². The summed E-state index contributed by atoms with van der Waals surface area (Å²) >= 11 is 5.97. The van der Waals surface area contributed by atoms with Crippen LogP contribution >= 0.6 is 11.6 Å². The van der Waals surface area contributed by atoms with E-state index in [0.29, 0.717) is 22.8 Å². The molecule has 0 aliphatic carbocycles. The van der Waals surface area contributed by atoms with Crippen molar-refractivity contribution in [3.63, 3.8) is 0 Å². The molecule has 0 aliphatic rings. The fourth-order valence-corrected chi connectivity index (χ4v) is 1.88. The van der Waals surface area contributed by atoms with E-state index in [1.165, 1.54) is 0 Å². The number of aryl methyl sites for hydroxylation is 1. The molecule has 98 valence electrons. The van der Waals surface area contributed by atoms with Crippen LogP contribution in [-0.2, 0) is 6.54 Å². The van der Waals surface area contributed by atoms with Crippen molar-refractivity contribution in [3.05, 3.63) is 58.4 Å². The Hall–Kier alpha value is -2.07. The summed E-state index contributed by atoms with van der Waals surface area (Å²) in [6.45, 7) is 2.26. The topological polar surface area (TPSA) is 68.0 Å². The van der Waals surface area contributed by atoms with E-state index in [-0.39, 0.29) is 5.91 Å². The van der Waals surface area contributed by atoms with Crippen LogP contribution in [0.3, 0.4) is 0 Å². The van der Waals surface area contributed by atoms with Crippen LogP contribution in [0.4, 0.5) is 5.69 Å². The number of amides is 1. The molecular formula is C14H14ClN3O. The molecule has 1 amide bonds. The molecule has 3 N–H and O–H groups in total. The second kappa shape index (κ2) is 5.71.